The van der Waals surface area contributed by atoms with Crippen molar-refractivity contribution in [2.75, 3.05) is 20.5 Å². The van der Waals surface area contributed by atoms with Gasteiger partial charge in [-0.15, -0.1) is 0 Å². The fourth-order valence-electron chi connectivity index (χ4n) is 2.91. The maximum atomic E-state index is 14.2. The molecule has 0 bridgehead atoms. The number of benzene rings is 2. The van der Waals surface area contributed by atoms with Gasteiger partial charge in [-0.05, 0) is 31.2 Å². The first-order valence-electron chi connectivity index (χ1n) is 8.99. The molecule has 0 atom stereocenters. The predicted octanol–water partition coefficient (Wildman–Crippen LogP) is 4.45. The monoisotopic (exact) mass is 412 g/mol. The third-order valence-electron chi connectivity index (χ3n) is 4.26. The van der Waals surface area contributed by atoms with Crippen molar-refractivity contribution in [3.8, 4) is 28.6 Å². The van der Waals surface area contributed by atoms with Crippen molar-refractivity contribution in [2.24, 2.45) is 0 Å². The molecule has 6 nitrogen and oxygen atoms in total. The van der Waals surface area contributed by atoms with E-state index in [1.54, 1.807) is 29.8 Å². The van der Waals surface area contributed by atoms with E-state index in [4.69, 9.17) is 14.2 Å². The van der Waals surface area contributed by atoms with E-state index in [2.05, 4.69) is 0 Å². The van der Waals surface area contributed by atoms with E-state index in [1.807, 2.05) is 6.07 Å². The predicted molar refractivity (Wildman–Crippen MR) is 104 cm³/mol. The summed E-state index contributed by atoms with van der Waals surface area (Å²) >= 11 is 0. The number of aromatic nitrogens is 1. The third-order valence-corrected chi connectivity index (χ3v) is 4.26. The summed E-state index contributed by atoms with van der Waals surface area (Å²) in [5.41, 5.74) is 1.39. The van der Waals surface area contributed by atoms with Gasteiger partial charge < -0.3 is 18.8 Å². The van der Waals surface area contributed by atoms with Gasteiger partial charge in [-0.2, -0.15) is 5.26 Å². The largest absolute Gasteiger partial charge is 0.467 e. The van der Waals surface area contributed by atoms with Crippen LogP contribution in [0, 0.1) is 23.0 Å². The van der Waals surface area contributed by atoms with Gasteiger partial charge in [0.2, 0.25) is 0 Å². The second kappa shape index (κ2) is 9.20. The van der Waals surface area contributed by atoms with Crippen LogP contribution in [-0.4, -0.2) is 31.0 Å². The lowest BCUT2D eigenvalue weighted by molar-refractivity contribution is 0.0438. The van der Waals surface area contributed by atoms with E-state index >= 15 is 0 Å². The summed E-state index contributed by atoms with van der Waals surface area (Å²) in [5.74, 6) is -1.79. The van der Waals surface area contributed by atoms with Crippen molar-refractivity contribution < 1.29 is 27.8 Å². The number of nitriles is 1. The highest BCUT2D eigenvalue weighted by Gasteiger charge is 2.18. The van der Waals surface area contributed by atoms with Crippen LogP contribution >= 0.6 is 0 Å². The van der Waals surface area contributed by atoms with Crippen molar-refractivity contribution in [3.05, 3.63) is 71.6 Å². The van der Waals surface area contributed by atoms with Crippen LogP contribution in [0.4, 0.5) is 8.78 Å². The molecule has 1 aromatic heterocycles. The van der Waals surface area contributed by atoms with E-state index in [9.17, 15) is 18.8 Å². The van der Waals surface area contributed by atoms with Crippen LogP contribution in [0.2, 0.25) is 0 Å². The molecule has 0 saturated heterocycles. The zero-order chi connectivity index (χ0) is 21.7. The van der Waals surface area contributed by atoms with Crippen LogP contribution in [0.25, 0.3) is 16.8 Å². The Bertz CT molecular complexity index is 1120. The average Bonchev–Trinajstić information content (AvgIpc) is 3.16. The number of carbonyl (C=O) groups is 1. The first-order valence-corrected chi connectivity index (χ1v) is 8.99. The lowest BCUT2D eigenvalue weighted by Crippen LogP contribution is -2.10. The molecule has 0 unspecified atom stereocenters. The number of ether oxygens (including phenoxy) is 3. The molecule has 0 saturated carbocycles. The van der Waals surface area contributed by atoms with E-state index in [1.165, 1.54) is 25.4 Å². The topological polar surface area (TPSA) is 73.5 Å². The first kappa shape index (κ1) is 21.0. The van der Waals surface area contributed by atoms with Crippen LogP contribution in [-0.2, 0) is 9.47 Å². The second-order valence-corrected chi connectivity index (χ2v) is 6.18. The first-order chi connectivity index (χ1) is 14.5. The van der Waals surface area contributed by atoms with Gasteiger partial charge >= 0.3 is 5.97 Å². The summed E-state index contributed by atoms with van der Waals surface area (Å²) in [6, 6.07) is 9.93. The third kappa shape index (κ3) is 4.31. The average molecular weight is 412 g/mol. The zero-order valence-corrected chi connectivity index (χ0v) is 16.3. The van der Waals surface area contributed by atoms with Gasteiger partial charge in [0.05, 0.1) is 12.2 Å². The number of methoxy groups -OCH3 is 1. The van der Waals surface area contributed by atoms with Gasteiger partial charge in [0, 0.05) is 48.5 Å². The highest BCUT2D eigenvalue weighted by molar-refractivity contribution is 5.93. The van der Waals surface area contributed by atoms with Crippen LogP contribution in [0.1, 0.15) is 22.8 Å². The Morgan fingerprint density at radius 1 is 1.13 bits per heavy atom. The highest BCUT2D eigenvalue weighted by Crippen LogP contribution is 2.30. The fourth-order valence-corrected chi connectivity index (χ4v) is 2.91. The van der Waals surface area contributed by atoms with E-state index < -0.39 is 17.6 Å². The van der Waals surface area contributed by atoms with Crippen LogP contribution < -0.4 is 4.74 Å². The Labute approximate surface area is 171 Å². The van der Waals surface area contributed by atoms with Crippen molar-refractivity contribution in [1.29, 1.82) is 5.26 Å². The van der Waals surface area contributed by atoms with E-state index in [0.29, 0.717) is 11.3 Å². The lowest BCUT2D eigenvalue weighted by atomic mass is 10.0. The molecule has 154 valence electrons. The molecule has 0 aliphatic heterocycles. The van der Waals surface area contributed by atoms with Crippen molar-refractivity contribution in [3.63, 3.8) is 0 Å². The van der Waals surface area contributed by atoms with Crippen molar-refractivity contribution >= 4 is 5.97 Å². The number of rotatable bonds is 7. The molecule has 8 heteroatoms. The van der Waals surface area contributed by atoms with Crippen LogP contribution in [0.3, 0.4) is 0 Å². The summed E-state index contributed by atoms with van der Waals surface area (Å²) in [6.07, 6.45) is 3.06. The van der Waals surface area contributed by atoms with Gasteiger partial charge in [0.15, 0.2) is 6.79 Å². The molecule has 0 spiro atoms. The lowest BCUT2D eigenvalue weighted by Gasteiger charge is -2.12. The Kier molecular flexibility index (Phi) is 6.45. The molecule has 0 aliphatic rings. The molecule has 3 rings (SSSR count). The summed E-state index contributed by atoms with van der Waals surface area (Å²) in [7, 11) is 1.45. The Morgan fingerprint density at radius 3 is 2.60 bits per heavy atom. The molecule has 30 heavy (non-hydrogen) atoms. The zero-order valence-electron chi connectivity index (χ0n) is 16.3. The van der Waals surface area contributed by atoms with Crippen LogP contribution in [0.5, 0.6) is 5.75 Å². The van der Waals surface area contributed by atoms with Crippen molar-refractivity contribution in [2.45, 2.75) is 6.92 Å². The molecule has 0 amide bonds. The molecule has 0 N–H and O–H groups in total. The smallest absolute Gasteiger partial charge is 0.341 e. The number of hydrogen-bond acceptors (Lipinski definition) is 5. The maximum absolute atomic E-state index is 14.2. The quantitative estimate of drug-likeness (QED) is 0.423. The van der Waals surface area contributed by atoms with E-state index in [0.717, 1.165) is 12.1 Å². The van der Waals surface area contributed by atoms with Crippen molar-refractivity contribution in [1.82, 2.24) is 4.57 Å². The molecule has 0 fully saturated rings. The van der Waals surface area contributed by atoms with Gasteiger partial charge in [0.1, 0.15) is 29.0 Å². The SMILES string of the molecule is CCOC(=O)c1ccc(-n2cc(C#N)c(-c3ccc(F)cc3F)c2)cc1OCOC. The van der Waals surface area contributed by atoms with Crippen LogP contribution in [0.15, 0.2) is 48.8 Å². The van der Waals surface area contributed by atoms with E-state index in [-0.39, 0.29) is 35.8 Å². The standard InChI is InChI=1S/C22H18F2N2O4/c1-3-29-22(27)18-7-5-16(9-21(18)30-13-28-2)26-11-14(10-25)19(12-26)17-6-4-15(23)8-20(17)24/h4-9,11-12H,3,13H2,1-2H3. The normalized spacial score (nSPS) is 10.5. The number of nitrogens with zero attached hydrogens (tertiary/aromatic N) is 2. The van der Waals surface area contributed by atoms with Gasteiger partial charge in [-0.3, -0.25) is 0 Å². The Morgan fingerprint density at radius 2 is 1.93 bits per heavy atom. The number of halogens is 2. The Balaban J connectivity index is 2.06. The number of esters is 1. The number of carbonyl (C=O) groups excluding carboxylic acids is 1. The van der Waals surface area contributed by atoms with Gasteiger partial charge in [0.25, 0.3) is 0 Å². The highest BCUT2D eigenvalue weighted by atomic mass is 19.1. The summed E-state index contributed by atoms with van der Waals surface area (Å²) in [4.78, 5) is 12.2. The van der Waals surface area contributed by atoms with Gasteiger partial charge in [-0.25, -0.2) is 13.6 Å². The summed E-state index contributed by atoms with van der Waals surface area (Å²) in [6.45, 7) is 1.82. The Hall–Kier alpha value is -3.70. The molecular weight excluding hydrogens is 394 g/mol. The summed E-state index contributed by atoms with van der Waals surface area (Å²) in [5, 5.41) is 9.47. The number of hydrogen-bond donors (Lipinski definition) is 0. The molecule has 3 aromatic rings. The fraction of sp³-hybridized carbons (Fsp3) is 0.182. The second-order valence-electron chi connectivity index (χ2n) is 6.18. The molecule has 2 aromatic carbocycles. The molecule has 0 aliphatic carbocycles. The minimum Gasteiger partial charge on any atom is -0.467 e. The maximum Gasteiger partial charge on any atom is 0.341 e. The molecular formula is C22H18F2N2O4. The minimum atomic E-state index is -0.772. The molecule has 1 heterocycles. The van der Waals surface area contributed by atoms with Gasteiger partial charge in [-0.1, -0.05) is 0 Å². The summed E-state index contributed by atoms with van der Waals surface area (Å²) < 4.78 is 44.5. The molecule has 0 radical (unpaired) electrons. The minimum absolute atomic E-state index is 0.0863.